The number of methoxy groups -OCH3 is 1. The zero-order valence-corrected chi connectivity index (χ0v) is 8.43. The molecule has 0 unspecified atom stereocenters. The maximum Gasteiger partial charge on any atom is 0.416 e. The van der Waals surface area contributed by atoms with Crippen LogP contribution in [0, 0.1) is 11.3 Å². The van der Waals surface area contributed by atoms with Crippen molar-refractivity contribution in [2.75, 3.05) is 7.11 Å². The summed E-state index contributed by atoms with van der Waals surface area (Å²) in [5, 5.41) is 8.71. The average molecular weight is 230 g/mol. The number of nitrogens with zero attached hydrogens (tertiary/aromatic N) is 1. The second-order valence-corrected chi connectivity index (χ2v) is 3.02. The highest BCUT2D eigenvalue weighted by Gasteiger charge is 2.34. The van der Waals surface area contributed by atoms with Gasteiger partial charge in [-0.25, -0.2) is 0 Å². The number of benzene rings is 1. The fourth-order valence-corrected chi connectivity index (χ4v) is 1.31. The molecule has 0 heterocycles. The van der Waals surface area contributed by atoms with Gasteiger partial charge in [0.1, 0.15) is 11.8 Å². The Balaban J connectivity index is 3.45. The number of nitriles is 1. The Morgan fingerprint density at radius 2 is 2.06 bits per heavy atom. The molecule has 1 rings (SSSR count). The lowest BCUT2D eigenvalue weighted by Crippen LogP contribution is -2.12. The molecule has 0 bridgehead atoms. The monoisotopic (exact) mass is 230 g/mol. The molecule has 2 N–H and O–H groups in total. The highest BCUT2D eigenvalue weighted by Crippen LogP contribution is 2.35. The van der Waals surface area contributed by atoms with Crippen LogP contribution in [0.4, 0.5) is 13.2 Å². The van der Waals surface area contributed by atoms with Crippen LogP contribution in [0.5, 0.6) is 5.75 Å². The van der Waals surface area contributed by atoms with Crippen molar-refractivity contribution in [2.45, 2.75) is 12.7 Å². The maximum atomic E-state index is 12.6. The van der Waals surface area contributed by atoms with E-state index in [0.717, 1.165) is 12.1 Å². The molecular formula is C10H9F3N2O. The first-order valence-electron chi connectivity index (χ1n) is 4.32. The van der Waals surface area contributed by atoms with Crippen molar-refractivity contribution in [3.63, 3.8) is 0 Å². The van der Waals surface area contributed by atoms with Gasteiger partial charge in [-0.1, -0.05) is 0 Å². The Morgan fingerprint density at radius 3 is 2.44 bits per heavy atom. The van der Waals surface area contributed by atoms with Crippen LogP contribution >= 0.6 is 0 Å². The van der Waals surface area contributed by atoms with Gasteiger partial charge in [-0.2, -0.15) is 18.4 Å². The quantitative estimate of drug-likeness (QED) is 0.845. The van der Waals surface area contributed by atoms with E-state index in [1.54, 1.807) is 6.07 Å². The van der Waals surface area contributed by atoms with Gasteiger partial charge < -0.3 is 10.5 Å². The summed E-state index contributed by atoms with van der Waals surface area (Å²) in [6.45, 7) is -0.284. The smallest absolute Gasteiger partial charge is 0.416 e. The van der Waals surface area contributed by atoms with Crippen LogP contribution in [-0.2, 0) is 12.7 Å². The number of hydrogen-bond acceptors (Lipinski definition) is 3. The van der Waals surface area contributed by atoms with Crippen LogP contribution in [0.1, 0.15) is 16.7 Å². The molecule has 0 atom stereocenters. The van der Waals surface area contributed by atoms with Gasteiger partial charge in [0.25, 0.3) is 0 Å². The van der Waals surface area contributed by atoms with E-state index in [-0.39, 0.29) is 23.4 Å². The normalized spacial score (nSPS) is 11.0. The van der Waals surface area contributed by atoms with Gasteiger partial charge in [-0.15, -0.1) is 0 Å². The molecule has 16 heavy (non-hydrogen) atoms. The van der Waals surface area contributed by atoms with E-state index < -0.39 is 11.7 Å². The SMILES string of the molecule is COc1cc(C(F)(F)F)c(CN)cc1C#N. The van der Waals surface area contributed by atoms with E-state index in [9.17, 15) is 13.2 Å². The van der Waals surface area contributed by atoms with E-state index in [0.29, 0.717) is 0 Å². The van der Waals surface area contributed by atoms with E-state index >= 15 is 0 Å². The number of rotatable bonds is 2. The molecule has 0 aliphatic heterocycles. The van der Waals surface area contributed by atoms with Crippen LogP contribution in [-0.4, -0.2) is 7.11 Å². The molecule has 0 aromatic heterocycles. The first-order valence-corrected chi connectivity index (χ1v) is 4.32. The first-order chi connectivity index (χ1) is 7.43. The van der Waals surface area contributed by atoms with Crippen molar-refractivity contribution in [1.29, 1.82) is 5.26 Å². The lowest BCUT2D eigenvalue weighted by Gasteiger charge is -2.14. The molecule has 3 nitrogen and oxygen atoms in total. The first kappa shape index (κ1) is 12.3. The highest BCUT2D eigenvalue weighted by molar-refractivity contribution is 5.49. The van der Waals surface area contributed by atoms with Gasteiger partial charge in [-0.05, 0) is 17.7 Å². The number of halogens is 3. The zero-order chi connectivity index (χ0) is 12.3. The molecule has 0 saturated carbocycles. The minimum Gasteiger partial charge on any atom is -0.495 e. The topological polar surface area (TPSA) is 59.0 Å². The molecular weight excluding hydrogens is 221 g/mol. The van der Waals surface area contributed by atoms with Crippen molar-refractivity contribution >= 4 is 0 Å². The summed E-state index contributed by atoms with van der Waals surface area (Å²) < 4.78 is 42.5. The molecule has 1 aromatic carbocycles. The fraction of sp³-hybridized carbons (Fsp3) is 0.300. The van der Waals surface area contributed by atoms with E-state index in [1.165, 1.54) is 7.11 Å². The minimum atomic E-state index is -4.50. The number of hydrogen-bond donors (Lipinski definition) is 1. The minimum absolute atomic E-state index is 0.0379. The summed E-state index contributed by atoms with van der Waals surface area (Å²) in [7, 11) is 1.21. The second-order valence-electron chi connectivity index (χ2n) is 3.02. The third kappa shape index (κ3) is 2.25. The zero-order valence-electron chi connectivity index (χ0n) is 8.43. The Hall–Kier alpha value is -1.74. The molecule has 0 aliphatic rings. The Bertz CT molecular complexity index is 435. The van der Waals surface area contributed by atoms with Crippen LogP contribution in [0.25, 0.3) is 0 Å². The predicted molar refractivity (Wildman–Crippen MR) is 50.6 cm³/mol. The number of nitrogens with two attached hydrogens (primary N) is 1. The Labute approximate surface area is 90.2 Å². The van der Waals surface area contributed by atoms with E-state index in [1.807, 2.05) is 0 Å². The second kappa shape index (κ2) is 4.41. The summed E-state index contributed by atoms with van der Waals surface area (Å²) in [6.07, 6.45) is -4.50. The molecule has 6 heteroatoms. The average Bonchev–Trinajstić information content (AvgIpc) is 2.25. The predicted octanol–water partition coefficient (Wildman–Crippen LogP) is 2.04. The molecule has 0 fully saturated rings. The van der Waals surface area contributed by atoms with Crippen LogP contribution in [0.3, 0.4) is 0 Å². The van der Waals surface area contributed by atoms with Gasteiger partial charge in [-0.3, -0.25) is 0 Å². The third-order valence-corrected chi connectivity index (χ3v) is 2.07. The maximum absolute atomic E-state index is 12.6. The Morgan fingerprint density at radius 1 is 1.44 bits per heavy atom. The molecule has 0 amide bonds. The Kier molecular flexibility index (Phi) is 3.40. The summed E-state index contributed by atoms with van der Waals surface area (Å²) in [6, 6.07) is 3.64. The molecule has 0 aliphatic carbocycles. The summed E-state index contributed by atoms with van der Waals surface area (Å²) in [5.74, 6) is -0.105. The lowest BCUT2D eigenvalue weighted by molar-refractivity contribution is -0.138. The van der Waals surface area contributed by atoms with Crippen LogP contribution in [0.2, 0.25) is 0 Å². The fourth-order valence-electron chi connectivity index (χ4n) is 1.31. The van der Waals surface area contributed by atoms with Crippen LogP contribution < -0.4 is 10.5 Å². The molecule has 1 aromatic rings. The van der Waals surface area contributed by atoms with Gasteiger partial charge in [0.2, 0.25) is 0 Å². The molecule has 0 saturated heterocycles. The molecule has 0 spiro atoms. The lowest BCUT2D eigenvalue weighted by atomic mass is 10.0. The van der Waals surface area contributed by atoms with Crippen molar-refractivity contribution < 1.29 is 17.9 Å². The van der Waals surface area contributed by atoms with Gasteiger partial charge in [0.05, 0.1) is 18.2 Å². The summed E-state index contributed by atoms with van der Waals surface area (Å²) in [4.78, 5) is 0. The van der Waals surface area contributed by atoms with Crippen molar-refractivity contribution in [1.82, 2.24) is 0 Å². The van der Waals surface area contributed by atoms with Gasteiger partial charge in [0.15, 0.2) is 0 Å². The van der Waals surface area contributed by atoms with Gasteiger partial charge >= 0.3 is 6.18 Å². The third-order valence-electron chi connectivity index (χ3n) is 2.07. The molecule has 86 valence electrons. The van der Waals surface area contributed by atoms with Crippen LogP contribution in [0.15, 0.2) is 12.1 Å². The summed E-state index contributed by atoms with van der Waals surface area (Å²) in [5.41, 5.74) is 4.26. The van der Waals surface area contributed by atoms with E-state index in [2.05, 4.69) is 0 Å². The number of ether oxygens (including phenoxy) is 1. The highest BCUT2D eigenvalue weighted by atomic mass is 19.4. The molecule has 0 radical (unpaired) electrons. The standard InChI is InChI=1S/C10H9F3N2O/c1-16-9-3-8(10(11,12)13)6(4-14)2-7(9)5-15/h2-3H,4,14H2,1H3. The van der Waals surface area contributed by atoms with Gasteiger partial charge in [0, 0.05) is 6.54 Å². The van der Waals surface area contributed by atoms with Crippen molar-refractivity contribution in [2.24, 2.45) is 5.73 Å². The largest absolute Gasteiger partial charge is 0.495 e. The number of alkyl halides is 3. The van der Waals surface area contributed by atoms with Crippen molar-refractivity contribution in [3.8, 4) is 11.8 Å². The van der Waals surface area contributed by atoms with E-state index in [4.69, 9.17) is 15.7 Å². The summed E-state index contributed by atoms with van der Waals surface area (Å²) >= 11 is 0. The van der Waals surface area contributed by atoms with Crippen molar-refractivity contribution in [3.05, 3.63) is 28.8 Å².